The van der Waals surface area contributed by atoms with Crippen LogP contribution in [0.25, 0.3) is 0 Å². The lowest BCUT2D eigenvalue weighted by Gasteiger charge is -2.25. The van der Waals surface area contributed by atoms with Gasteiger partial charge in [-0.15, -0.1) is 0 Å². The highest BCUT2D eigenvalue weighted by atomic mass is 16.2. The van der Waals surface area contributed by atoms with Crippen molar-refractivity contribution in [1.29, 1.82) is 5.26 Å². The van der Waals surface area contributed by atoms with Gasteiger partial charge in [0.05, 0.1) is 11.6 Å². The topological polar surface area (TPSA) is 47.3 Å². The van der Waals surface area contributed by atoms with E-state index in [4.69, 9.17) is 5.26 Å². The molecule has 1 aromatic rings. The average molecular weight is 299 g/mol. The zero-order valence-electron chi connectivity index (χ0n) is 14.0. The Labute approximate surface area is 133 Å². The van der Waals surface area contributed by atoms with E-state index in [2.05, 4.69) is 11.0 Å². The Kier molecular flexibility index (Phi) is 7.34. The summed E-state index contributed by atoms with van der Waals surface area (Å²) in [6, 6.07) is 9.57. The van der Waals surface area contributed by atoms with Crippen LogP contribution in [-0.2, 0) is 11.3 Å². The van der Waals surface area contributed by atoms with Gasteiger partial charge in [0.15, 0.2) is 0 Å². The Balaban J connectivity index is 2.92. The monoisotopic (exact) mass is 299 g/mol. The van der Waals surface area contributed by atoms with Crippen LogP contribution in [-0.4, -0.2) is 42.9 Å². The molecule has 0 fully saturated rings. The molecule has 0 spiro atoms. The van der Waals surface area contributed by atoms with Gasteiger partial charge >= 0.3 is 0 Å². The number of carbonyl (C=O) groups is 1. The number of nitrogens with zero attached hydrogens (tertiary/aromatic N) is 3. The molecular weight excluding hydrogens is 274 g/mol. The van der Waals surface area contributed by atoms with Crippen LogP contribution in [0.4, 0.5) is 0 Å². The first kappa shape index (κ1) is 17.9. The largest absolute Gasteiger partial charge is 0.333 e. The molecular formula is C18H25N3O. The van der Waals surface area contributed by atoms with Crippen LogP contribution >= 0.6 is 0 Å². The third kappa shape index (κ3) is 5.71. The van der Waals surface area contributed by atoms with Gasteiger partial charge in [-0.25, -0.2) is 0 Å². The van der Waals surface area contributed by atoms with Gasteiger partial charge in [0.1, 0.15) is 0 Å². The lowest BCUT2D eigenvalue weighted by Crippen LogP contribution is -2.36. The van der Waals surface area contributed by atoms with Crippen molar-refractivity contribution in [3.05, 3.63) is 47.0 Å². The number of rotatable bonds is 7. The zero-order valence-corrected chi connectivity index (χ0v) is 14.0. The molecule has 0 saturated carbocycles. The molecule has 4 heteroatoms. The Morgan fingerprint density at radius 2 is 2.05 bits per heavy atom. The van der Waals surface area contributed by atoms with Gasteiger partial charge in [-0.3, -0.25) is 4.79 Å². The van der Waals surface area contributed by atoms with Crippen molar-refractivity contribution in [2.45, 2.75) is 26.8 Å². The fraction of sp³-hybridized carbons (Fsp3) is 0.444. The zero-order chi connectivity index (χ0) is 16.5. The summed E-state index contributed by atoms with van der Waals surface area (Å²) in [5.74, 6) is 0.0612. The van der Waals surface area contributed by atoms with Crippen LogP contribution in [0.1, 0.15) is 31.4 Å². The molecule has 0 aromatic heterocycles. The number of likely N-dealkylation sites (N-methyl/N-ethyl adjacent to an activating group) is 1. The van der Waals surface area contributed by atoms with E-state index in [1.807, 2.05) is 57.1 Å². The first-order chi connectivity index (χ1) is 10.5. The van der Waals surface area contributed by atoms with Gasteiger partial charge in [0.25, 0.3) is 0 Å². The number of allylic oxidation sites excluding steroid dienone is 1. The summed E-state index contributed by atoms with van der Waals surface area (Å²) < 4.78 is 0. The van der Waals surface area contributed by atoms with Crippen molar-refractivity contribution >= 4 is 5.91 Å². The van der Waals surface area contributed by atoms with Gasteiger partial charge in [0.2, 0.25) is 5.91 Å². The quantitative estimate of drug-likeness (QED) is 0.727. The third-order valence-electron chi connectivity index (χ3n) is 3.38. The number of amides is 1. The maximum atomic E-state index is 12.6. The van der Waals surface area contributed by atoms with E-state index >= 15 is 0 Å². The summed E-state index contributed by atoms with van der Waals surface area (Å²) in [4.78, 5) is 16.5. The van der Waals surface area contributed by atoms with Crippen molar-refractivity contribution in [1.82, 2.24) is 9.80 Å². The van der Waals surface area contributed by atoms with Crippen molar-refractivity contribution in [3.63, 3.8) is 0 Å². The summed E-state index contributed by atoms with van der Waals surface area (Å²) in [6.07, 6.45) is 2.81. The molecule has 1 aromatic carbocycles. The molecule has 0 heterocycles. The molecule has 0 bridgehead atoms. The van der Waals surface area contributed by atoms with Crippen molar-refractivity contribution in [2.75, 3.05) is 27.2 Å². The summed E-state index contributed by atoms with van der Waals surface area (Å²) in [5, 5.41) is 8.99. The number of carbonyl (C=O) groups excluding carboxylic acids is 1. The van der Waals surface area contributed by atoms with Crippen LogP contribution < -0.4 is 0 Å². The predicted octanol–water partition coefficient (Wildman–Crippen LogP) is 2.80. The van der Waals surface area contributed by atoms with Crippen molar-refractivity contribution < 1.29 is 4.79 Å². The molecule has 4 nitrogen and oxygen atoms in total. The smallest absolute Gasteiger partial charge is 0.249 e. The molecule has 0 atom stereocenters. The number of nitriles is 1. The lowest BCUT2D eigenvalue weighted by atomic mass is 10.1. The van der Waals surface area contributed by atoms with E-state index in [-0.39, 0.29) is 5.91 Å². The van der Waals surface area contributed by atoms with E-state index in [1.165, 1.54) is 0 Å². The van der Waals surface area contributed by atoms with E-state index in [0.29, 0.717) is 18.7 Å². The molecule has 0 unspecified atom stereocenters. The van der Waals surface area contributed by atoms with Gasteiger partial charge in [-0.1, -0.05) is 25.1 Å². The average Bonchev–Trinajstić information content (AvgIpc) is 2.51. The van der Waals surface area contributed by atoms with E-state index in [0.717, 1.165) is 24.1 Å². The van der Waals surface area contributed by atoms with Gasteiger partial charge in [0, 0.05) is 25.2 Å². The van der Waals surface area contributed by atoms with E-state index in [9.17, 15) is 4.79 Å². The summed E-state index contributed by atoms with van der Waals surface area (Å²) in [7, 11) is 3.99. The summed E-state index contributed by atoms with van der Waals surface area (Å²) in [6.45, 7) is 5.88. The molecule has 0 N–H and O–H groups in total. The van der Waals surface area contributed by atoms with E-state index < -0.39 is 0 Å². The van der Waals surface area contributed by atoms with Crippen LogP contribution in [0, 0.1) is 11.3 Å². The minimum absolute atomic E-state index is 0.0612. The van der Waals surface area contributed by atoms with Crippen molar-refractivity contribution in [3.8, 4) is 6.07 Å². The second-order valence-electron chi connectivity index (χ2n) is 5.64. The lowest BCUT2D eigenvalue weighted by molar-refractivity contribution is -0.127. The standard InChI is InChI=1S/C18H25N3O/c1-5-7-15(2)18(22)21(11-10-20(3)4)14-17-9-6-8-16(12-17)13-19/h6-9,12H,5,10-11,14H2,1-4H3. The highest BCUT2D eigenvalue weighted by Crippen LogP contribution is 2.11. The number of hydrogen-bond acceptors (Lipinski definition) is 3. The predicted molar refractivity (Wildman–Crippen MR) is 89.2 cm³/mol. The molecule has 22 heavy (non-hydrogen) atoms. The fourth-order valence-corrected chi connectivity index (χ4v) is 2.18. The summed E-state index contributed by atoms with van der Waals surface area (Å²) in [5.41, 5.74) is 2.38. The fourth-order valence-electron chi connectivity index (χ4n) is 2.18. The minimum Gasteiger partial charge on any atom is -0.333 e. The maximum Gasteiger partial charge on any atom is 0.249 e. The first-order valence-corrected chi connectivity index (χ1v) is 7.57. The van der Waals surface area contributed by atoms with Crippen LogP contribution in [0.2, 0.25) is 0 Å². The molecule has 118 valence electrons. The highest BCUT2D eigenvalue weighted by Gasteiger charge is 2.15. The molecule has 0 aliphatic heterocycles. The normalized spacial score (nSPS) is 11.4. The number of benzene rings is 1. The Morgan fingerprint density at radius 3 is 2.64 bits per heavy atom. The van der Waals surface area contributed by atoms with Crippen LogP contribution in [0.3, 0.4) is 0 Å². The van der Waals surface area contributed by atoms with Crippen molar-refractivity contribution in [2.24, 2.45) is 0 Å². The highest BCUT2D eigenvalue weighted by molar-refractivity contribution is 5.92. The second kappa shape index (κ2) is 9.01. The van der Waals surface area contributed by atoms with Gasteiger partial charge in [-0.2, -0.15) is 5.26 Å². The first-order valence-electron chi connectivity index (χ1n) is 7.57. The molecule has 1 rings (SSSR count). The minimum atomic E-state index is 0.0612. The van der Waals surface area contributed by atoms with Gasteiger partial charge in [-0.05, 0) is 45.1 Å². The summed E-state index contributed by atoms with van der Waals surface area (Å²) >= 11 is 0. The van der Waals surface area contributed by atoms with Crippen LogP contribution in [0.5, 0.6) is 0 Å². The van der Waals surface area contributed by atoms with Gasteiger partial charge < -0.3 is 9.80 Å². The molecule has 0 aliphatic carbocycles. The molecule has 0 aliphatic rings. The SMILES string of the molecule is CCC=C(C)C(=O)N(CCN(C)C)Cc1cccc(C#N)c1. The molecule has 0 radical (unpaired) electrons. The van der Waals surface area contributed by atoms with Crippen LogP contribution in [0.15, 0.2) is 35.9 Å². The maximum absolute atomic E-state index is 12.6. The Hall–Kier alpha value is -2.12. The molecule has 1 amide bonds. The van der Waals surface area contributed by atoms with E-state index in [1.54, 1.807) is 6.07 Å². The second-order valence-corrected chi connectivity index (χ2v) is 5.64. The Bertz CT molecular complexity index is 570. The molecule has 0 saturated heterocycles. The number of hydrogen-bond donors (Lipinski definition) is 0. The Morgan fingerprint density at radius 1 is 1.32 bits per heavy atom. The third-order valence-corrected chi connectivity index (χ3v) is 3.38.